The molecular formula is C15H31NO2S. The first kappa shape index (κ1) is 17.0. The van der Waals surface area contributed by atoms with Gasteiger partial charge in [0.25, 0.3) is 0 Å². The van der Waals surface area contributed by atoms with Crippen molar-refractivity contribution in [1.82, 2.24) is 5.32 Å². The Hall–Kier alpha value is -0.0900. The molecule has 3 nitrogen and oxygen atoms in total. The third-order valence-corrected chi connectivity index (χ3v) is 6.14. The summed E-state index contributed by atoms with van der Waals surface area (Å²) in [6, 6.07) is 0.523. The second kappa shape index (κ2) is 8.96. The van der Waals surface area contributed by atoms with Gasteiger partial charge in [-0.15, -0.1) is 0 Å². The molecule has 1 rings (SSSR count). The number of sulfone groups is 1. The lowest BCUT2D eigenvalue weighted by Crippen LogP contribution is -2.36. The lowest BCUT2D eigenvalue weighted by atomic mass is 9.89. The Morgan fingerprint density at radius 3 is 2.26 bits per heavy atom. The van der Waals surface area contributed by atoms with E-state index in [-0.39, 0.29) is 5.75 Å². The van der Waals surface area contributed by atoms with Crippen molar-refractivity contribution in [2.75, 3.05) is 18.1 Å². The first-order valence-corrected chi connectivity index (χ1v) is 9.85. The minimum Gasteiger partial charge on any atom is -0.314 e. The number of rotatable bonds is 8. The fourth-order valence-corrected chi connectivity index (χ4v) is 4.04. The molecule has 114 valence electrons. The van der Waals surface area contributed by atoms with Crippen LogP contribution in [0.5, 0.6) is 0 Å². The Kier molecular flexibility index (Phi) is 8.00. The molecule has 1 unspecified atom stereocenters. The van der Waals surface area contributed by atoms with E-state index in [1.54, 1.807) is 6.92 Å². The summed E-state index contributed by atoms with van der Waals surface area (Å²) in [5.41, 5.74) is 0. The largest absolute Gasteiger partial charge is 0.314 e. The molecule has 0 aromatic heterocycles. The van der Waals surface area contributed by atoms with Gasteiger partial charge >= 0.3 is 0 Å². The Morgan fingerprint density at radius 2 is 1.74 bits per heavy atom. The van der Waals surface area contributed by atoms with E-state index in [1.165, 1.54) is 38.5 Å². The molecule has 1 saturated carbocycles. The Morgan fingerprint density at radius 1 is 1.11 bits per heavy atom. The summed E-state index contributed by atoms with van der Waals surface area (Å²) in [5, 5.41) is 3.59. The van der Waals surface area contributed by atoms with Crippen molar-refractivity contribution in [3.8, 4) is 0 Å². The van der Waals surface area contributed by atoms with Gasteiger partial charge in [0.15, 0.2) is 0 Å². The molecule has 0 heterocycles. The predicted molar refractivity (Wildman–Crippen MR) is 82.2 cm³/mol. The normalized spacial score (nSPS) is 20.1. The second-order valence-electron chi connectivity index (χ2n) is 5.79. The number of hydrogen-bond acceptors (Lipinski definition) is 3. The highest BCUT2D eigenvalue weighted by molar-refractivity contribution is 7.91. The third-order valence-electron chi connectivity index (χ3n) is 4.35. The molecule has 1 fully saturated rings. The minimum absolute atomic E-state index is 0.280. The zero-order valence-electron chi connectivity index (χ0n) is 12.7. The quantitative estimate of drug-likeness (QED) is 0.698. The van der Waals surface area contributed by atoms with Crippen LogP contribution in [0.25, 0.3) is 0 Å². The first-order chi connectivity index (χ1) is 9.09. The van der Waals surface area contributed by atoms with Gasteiger partial charge < -0.3 is 5.32 Å². The first-order valence-electron chi connectivity index (χ1n) is 8.03. The Labute approximate surface area is 119 Å². The smallest absolute Gasteiger partial charge is 0.150 e. The highest BCUT2D eigenvalue weighted by Crippen LogP contribution is 2.27. The van der Waals surface area contributed by atoms with Crippen molar-refractivity contribution >= 4 is 9.84 Å². The van der Waals surface area contributed by atoms with Gasteiger partial charge in [0, 0.05) is 11.8 Å². The number of nitrogens with one attached hydrogen (secondary N) is 1. The van der Waals surface area contributed by atoms with Gasteiger partial charge in [-0.05, 0) is 38.1 Å². The van der Waals surface area contributed by atoms with Crippen molar-refractivity contribution in [2.24, 2.45) is 5.92 Å². The monoisotopic (exact) mass is 289 g/mol. The van der Waals surface area contributed by atoms with Crippen molar-refractivity contribution in [3.05, 3.63) is 0 Å². The third kappa shape index (κ3) is 6.75. The standard InChI is InChI=1S/C15H31NO2S/c1-3-16-15(12-9-13-19(17,18)4-2)14-10-7-5-6-8-11-14/h14-16H,3-13H2,1-2H3. The highest BCUT2D eigenvalue weighted by atomic mass is 32.2. The summed E-state index contributed by atoms with van der Waals surface area (Å²) in [5.74, 6) is 1.40. The Balaban J connectivity index is 2.42. The number of hydrogen-bond donors (Lipinski definition) is 1. The fourth-order valence-electron chi connectivity index (χ4n) is 3.15. The molecule has 0 aliphatic heterocycles. The molecule has 1 aliphatic carbocycles. The average Bonchev–Trinajstić information content (AvgIpc) is 2.66. The summed E-state index contributed by atoms with van der Waals surface area (Å²) in [4.78, 5) is 0. The maximum absolute atomic E-state index is 11.5. The molecule has 0 radical (unpaired) electrons. The summed E-state index contributed by atoms with van der Waals surface area (Å²) in [6.45, 7) is 4.87. The van der Waals surface area contributed by atoms with E-state index in [0.29, 0.717) is 11.8 Å². The van der Waals surface area contributed by atoms with Crippen molar-refractivity contribution in [1.29, 1.82) is 0 Å². The summed E-state index contributed by atoms with van der Waals surface area (Å²) < 4.78 is 23.1. The average molecular weight is 289 g/mol. The van der Waals surface area contributed by atoms with Crippen LogP contribution in [0.3, 0.4) is 0 Å². The van der Waals surface area contributed by atoms with Crippen molar-refractivity contribution < 1.29 is 8.42 Å². The van der Waals surface area contributed by atoms with E-state index in [4.69, 9.17) is 0 Å². The molecular weight excluding hydrogens is 258 g/mol. The molecule has 1 aliphatic rings. The molecule has 0 aromatic carbocycles. The van der Waals surface area contributed by atoms with Crippen LogP contribution in [-0.2, 0) is 9.84 Å². The van der Waals surface area contributed by atoms with Gasteiger partial charge in [0.1, 0.15) is 9.84 Å². The van der Waals surface area contributed by atoms with Crippen LogP contribution in [0.1, 0.15) is 65.2 Å². The summed E-state index contributed by atoms with van der Waals surface area (Å²) in [7, 11) is -2.80. The molecule has 4 heteroatoms. The van der Waals surface area contributed by atoms with Gasteiger partial charge in [-0.1, -0.05) is 39.5 Å². The molecule has 1 N–H and O–H groups in total. The molecule has 0 aromatic rings. The fraction of sp³-hybridized carbons (Fsp3) is 1.00. The van der Waals surface area contributed by atoms with Gasteiger partial charge in [-0.3, -0.25) is 0 Å². The van der Waals surface area contributed by atoms with Crippen LogP contribution in [0.2, 0.25) is 0 Å². The van der Waals surface area contributed by atoms with Crippen LogP contribution in [-0.4, -0.2) is 32.5 Å². The van der Waals surface area contributed by atoms with Crippen molar-refractivity contribution in [2.45, 2.75) is 71.3 Å². The zero-order valence-corrected chi connectivity index (χ0v) is 13.5. The zero-order chi connectivity index (χ0) is 14.1. The minimum atomic E-state index is -2.80. The van der Waals surface area contributed by atoms with Crippen LogP contribution in [0.4, 0.5) is 0 Å². The topological polar surface area (TPSA) is 46.2 Å². The van der Waals surface area contributed by atoms with E-state index in [1.807, 2.05) is 0 Å². The van der Waals surface area contributed by atoms with Crippen LogP contribution in [0, 0.1) is 5.92 Å². The molecule has 1 atom stereocenters. The maximum atomic E-state index is 11.5. The van der Waals surface area contributed by atoms with E-state index in [0.717, 1.165) is 25.3 Å². The SMILES string of the molecule is CCNC(CCCS(=O)(=O)CC)C1CCCCCC1. The molecule has 0 saturated heterocycles. The lowest BCUT2D eigenvalue weighted by Gasteiger charge is -2.27. The second-order valence-corrected chi connectivity index (χ2v) is 8.27. The van der Waals surface area contributed by atoms with E-state index >= 15 is 0 Å². The summed E-state index contributed by atoms with van der Waals surface area (Å²) in [6.07, 6.45) is 9.90. The van der Waals surface area contributed by atoms with Gasteiger partial charge in [-0.2, -0.15) is 0 Å². The van der Waals surface area contributed by atoms with Crippen molar-refractivity contribution in [3.63, 3.8) is 0 Å². The van der Waals surface area contributed by atoms with E-state index in [2.05, 4.69) is 12.2 Å². The van der Waals surface area contributed by atoms with Gasteiger partial charge in [-0.25, -0.2) is 8.42 Å². The Bertz CT molecular complexity index is 319. The maximum Gasteiger partial charge on any atom is 0.150 e. The molecule has 0 bridgehead atoms. The summed E-state index contributed by atoms with van der Waals surface area (Å²) >= 11 is 0. The van der Waals surface area contributed by atoms with Crippen LogP contribution < -0.4 is 5.32 Å². The van der Waals surface area contributed by atoms with Gasteiger partial charge in [0.2, 0.25) is 0 Å². The molecule has 0 amide bonds. The molecule has 0 spiro atoms. The molecule has 19 heavy (non-hydrogen) atoms. The van der Waals surface area contributed by atoms with E-state index in [9.17, 15) is 8.42 Å². The predicted octanol–water partition coefficient (Wildman–Crippen LogP) is 3.15. The lowest BCUT2D eigenvalue weighted by molar-refractivity contribution is 0.307. The van der Waals surface area contributed by atoms with Gasteiger partial charge in [0.05, 0.1) is 5.75 Å². The van der Waals surface area contributed by atoms with E-state index < -0.39 is 9.84 Å². The van der Waals surface area contributed by atoms with Crippen LogP contribution >= 0.6 is 0 Å². The highest BCUT2D eigenvalue weighted by Gasteiger charge is 2.22. The van der Waals surface area contributed by atoms with Crippen LogP contribution in [0.15, 0.2) is 0 Å².